The van der Waals surface area contributed by atoms with E-state index in [1.54, 1.807) is 11.0 Å². The van der Waals surface area contributed by atoms with Crippen molar-refractivity contribution in [1.82, 2.24) is 5.32 Å². The molecule has 1 aliphatic heterocycles. The molecular formula is C23H27N3O6. The second-order valence-corrected chi connectivity index (χ2v) is 7.52. The molecule has 9 nitrogen and oxygen atoms in total. The van der Waals surface area contributed by atoms with E-state index in [0.29, 0.717) is 17.9 Å². The van der Waals surface area contributed by atoms with Crippen LogP contribution < -0.4 is 19.7 Å². The summed E-state index contributed by atoms with van der Waals surface area (Å²) in [7, 11) is 2.86. The van der Waals surface area contributed by atoms with Gasteiger partial charge in [-0.1, -0.05) is 25.1 Å². The molecule has 3 rings (SSSR count). The van der Waals surface area contributed by atoms with E-state index in [-0.39, 0.29) is 42.6 Å². The molecule has 1 atom stereocenters. The van der Waals surface area contributed by atoms with E-state index >= 15 is 0 Å². The average Bonchev–Trinajstić information content (AvgIpc) is 3.19. The molecule has 0 unspecified atom stereocenters. The number of amides is 2. The number of carbonyl (C=O) groups excluding carboxylic acids is 2. The number of nitro groups is 1. The molecule has 2 aromatic rings. The number of anilines is 1. The molecule has 1 aliphatic rings. The van der Waals surface area contributed by atoms with Crippen molar-refractivity contribution in [3.8, 4) is 11.5 Å². The molecule has 2 amide bonds. The van der Waals surface area contributed by atoms with Crippen molar-refractivity contribution in [2.45, 2.75) is 26.2 Å². The lowest BCUT2D eigenvalue weighted by Gasteiger charge is -2.20. The molecule has 32 heavy (non-hydrogen) atoms. The summed E-state index contributed by atoms with van der Waals surface area (Å²) in [5, 5.41) is 14.2. The second-order valence-electron chi connectivity index (χ2n) is 7.52. The smallest absolute Gasteiger partial charge is 0.276 e. The van der Waals surface area contributed by atoms with E-state index in [4.69, 9.17) is 9.47 Å². The molecule has 2 aromatic carbocycles. The third-order valence-corrected chi connectivity index (χ3v) is 5.63. The van der Waals surface area contributed by atoms with Crippen LogP contribution in [0.4, 0.5) is 11.4 Å². The number of carbonyl (C=O) groups is 2. The number of hydrogen-bond acceptors (Lipinski definition) is 6. The van der Waals surface area contributed by atoms with Gasteiger partial charge in [0.2, 0.25) is 11.8 Å². The van der Waals surface area contributed by atoms with Crippen molar-refractivity contribution in [2.24, 2.45) is 5.92 Å². The first-order valence-electron chi connectivity index (χ1n) is 10.4. The molecule has 1 fully saturated rings. The van der Waals surface area contributed by atoms with Gasteiger partial charge in [-0.05, 0) is 30.5 Å². The fourth-order valence-corrected chi connectivity index (χ4v) is 3.93. The third-order valence-electron chi connectivity index (χ3n) is 5.63. The van der Waals surface area contributed by atoms with Crippen molar-refractivity contribution in [1.29, 1.82) is 0 Å². The van der Waals surface area contributed by atoms with Crippen LogP contribution in [0.25, 0.3) is 0 Å². The van der Waals surface area contributed by atoms with Crippen molar-refractivity contribution < 1.29 is 24.0 Å². The molecular weight excluding hydrogens is 414 g/mol. The number of nitrogens with zero attached hydrogens (tertiary/aromatic N) is 2. The lowest BCUT2D eigenvalue weighted by atomic mass is 10.1. The maximum atomic E-state index is 12.7. The molecule has 0 spiro atoms. The van der Waals surface area contributed by atoms with Gasteiger partial charge in [-0.2, -0.15) is 0 Å². The van der Waals surface area contributed by atoms with Gasteiger partial charge in [0.15, 0.2) is 11.5 Å². The van der Waals surface area contributed by atoms with Crippen LogP contribution in [0, 0.1) is 16.0 Å². The molecule has 0 aliphatic carbocycles. The summed E-state index contributed by atoms with van der Waals surface area (Å²) in [5.74, 6) is -0.137. The molecule has 0 aromatic heterocycles. The Morgan fingerprint density at radius 2 is 1.88 bits per heavy atom. The average molecular weight is 441 g/mol. The Bertz CT molecular complexity index is 1020. The second kappa shape index (κ2) is 10.1. The van der Waals surface area contributed by atoms with Crippen molar-refractivity contribution in [3.63, 3.8) is 0 Å². The minimum atomic E-state index is -0.488. The summed E-state index contributed by atoms with van der Waals surface area (Å²) < 4.78 is 10.4. The Balaban J connectivity index is 1.64. The Morgan fingerprint density at radius 3 is 2.53 bits per heavy atom. The monoisotopic (exact) mass is 441 g/mol. The normalized spacial score (nSPS) is 15.5. The molecule has 1 N–H and O–H groups in total. The first kappa shape index (κ1) is 23.1. The van der Waals surface area contributed by atoms with Crippen LogP contribution in [-0.4, -0.2) is 44.0 Å². The van der Waals surface area contributed by atoms with Gasteiger partial charge in [-0.25, -0.2) is 0 Å². The number of benzene rings is 2. The Hall–Kier alpha value is -3.62. The Morgan fingerprint density at radius 1 is 1.19 bits per heavy atom. The number of rotatable bonds is 9. The highest BCUT2D eigenvalue weighted by atomic mass is 16.6. The highest BCUT2D eigenvalue weighted by Gasteiger charge is 2.35. The first-order chi connectivity index (χ1) is 15.4. The van der Waals surface area contributed by atoms with Gasteiger partial charge < -0.3 is 19.7 Å². The molecule has 0 bridgehead atoms. The van der Waals surface area contributed by atoms with E-state index in [1.807, 2.05) is 31.2 Å². The maximum absolute atomic E-state index is 12.7. The minimum Gasteiger partial charge on any atom is -0.493 e. The van der Waals surface area contributed by atoms with Crippen LogP contribution in [0.15, 0.2) is 36.4 Å². The minimum absolute atomic E-state index is 0.0819. The van der Waals surface area contributed by atoms with Crippen LogP contribution in [0.5, 0.6) is 11.5 Å². The predicted molar refractivity (Wildman–Crippen MR) is 119 cm³/mol. The summed E-state index contributed by atoms with van der Waals surface area (Å²) in [5.41, 5.74) is 2.23. The number of aryl methyl sites for hydroxylation is 1. The predicted octanol–water partition coefficient (Wildman–Crippen LogP) is 2.89. The van der Waals surface area contributed by atoms with Gasteiger partial charge in [0.25, 0.3) is 5.69 Å². The van der Waals surface area contributed by atoms with Gasteiger partial charge in [0.05, 0.1) is 31.1 Å². The van der Waals surface area contributed by atoms with Crippen LogP contribution in [-0.2, 0) is 22.4 Å². The zero-order valence-electron chi connectivity index (χ0n) is 18.4. The molecule has 1 heterocycles. The fourth-order valence-electron chi connectivity index (χ4n) is 3.93. The van der Waals surface area contributed by atoms with Gasteiger partial charge in [0.1, 0.15) is 0 Å². The number of nitrogens with one attached hydrogen (secondary N) is 1. The highest BCUT2D eigenvalue weighted by Crippen LogP contribution is 2.34. The summed E-state index contributed by atoms with van der Waals surface area (Å²) in [6.45, 7) is 2.54. The zero-order chi connectivity index (χ0) is 23.3. The van der Waals surface area contributed by atoms with E-state index < -0.39 is 10.8 Å². The molecule has 0 radical (unpaired) electrons. The van der Waals surface area contributed by atoms with Gasteiger partial charge in [0, 0.05) is 30.8 Å². The maximum Gasteiger partial charge on any atom is 0.276 e. The quantitative estimate of drug-likeness (QED) is 0.473. The summed E-state index contributed by atoms with van der Waals surface area (Å²) >= 11 is 0. The lowest BCUT2D eigenvalue weighted by molar-refractivity contribution is -0.385. The van der Waals surface area contributed by atoms with Crippen LogP contribution >= 0.6 is 0 Å². The van der Waals surface area contributed by atoms with Crippen molar-refractivity contribution >= 4 is 23.2 Å². The van der Waals surface area contributed by atoms with E-state index in [1.165, 1.54) is 20.3 Å². The Kier molecular flexibility index (Phi) is 7.29. The topological polar surface area (TPSA) is 111 Å². The van der Waals surface area contributed by atoms with Crippen molar-refractivity contribution in [2.75, 3.05) is 32.2 Å². The van der Waals surface area contributed by atoms with Gasteiger partial charge >= 0.3 is 0 Å². The zero-order valence-corrected chi connectivity index (χ0v) is 18.4. The lowest BCUT2D eigenvalue weighted by Crippen LogP contribution is -2.34. The summed E-state index contributed by atoms with van der Waals surface area (Å²) in [6, 6.07) is 10.5. The number of hydrogen-bond donors (Lipinski definition) is 1. The van der Waals surface area contributed by atoms with Crippen LogP contribution in [0.3, 0.4) is 0 Å². The first-order valence-corrected chi connectivity index (χ1v) is 10.4. The fraction of sp³-hybridized carbons (Fsp3) is 0.391. The Labute approximate surface area is 186 Å². The SMILES string of the molecule is CCc1ccccc1N1C[C@H](C(=O)NCCc2cc(OC)c(OC)cc2[N+](=O)[O-])CC1=O. The summed E-state index contributed by atoms with van der Waals surface area (Å²) in [4.78, 5) is 37.8. The highest BCUT2D eigenvalue weighted by molar-refractivity contribution is 6.00. The third kappa shape index (κ3) is 4.82. The van der Waals surface area contributed by atoms with E-state index in [2.05, 4.69) is 5.32 Å². The van der Waals surface area contributed by atoms with Crippen LogP contribution in [0.2, 0.25) is 0 Å². The number of para-hydroxylation sites is 1. The standard InChI is InChI=1S/C23H27N3O6/c1-4-15-7-5-6-8-18(15)25-14-17(12-22(25)27)23(28)24-10-9-16-11-20(31-2)21(32-3)13-19(16)26(29)30/h5-8,11,13,17H,4,9-10,12,14H2,1-3H3,(H,24,28)/t17-/m1/s1. The largest absolute Gasteiger partial charge is 0.493 e. The molecule has 1 saturated heterocycles. The molecule has 170 valence electrons. The van der Waals surface area contributed by atoms with Gasteiger partial charge in [-0.3, -0.25) is 19.7 Å². The van der Waals surface area contributed by atoms with E-state index in [0.717, 1.165) is 17.7 Å². The number of ether oxygens (including phenoxy) is 2. The van der Waals surface area contributed by atoms with Crippen molar-refractivity contribution in [3.05, 3.63) is 57.6 Å². The number of nitro benzene ring substituents is 1. The van der Waals surface area contributed by atoms with Crippen LogP contribution in [0.1, 0.15) is 24.5 Å². The molecule has 0 saturated carbocycles. The van der Waals surface area contributed by atoms with Gasteiger partial charge in [-0.15, -0.1) is 0 Å². The summed E-state index contributed by atoms with van der Waals surface area (Å²) in [6.07, 6.45) is 1.17. The molecule has 9 heteroatoms. The van der Waals surface area contributed by atoms with E-state index in [9.17, 15) is 19.7 Å². The number of methoxy groups -OCH3 is 2.